The number of benzene rings is 1. The predicted molar refractivity (Wildman–Crippen MR) is 125 cm³/mol. The summed E-state index contributed by atoms with van der Waals surface area (Å²) in [4.78, 5) is 28.9. The van der Waals surface area contributed by atoms with Crippen molar-refractivity contribution in [2.45, 2.75) is 25.4 Å². The number of ether oxygens (including phenoxy) is 1. The van der Waals surface area contributed by atoms with Gasteiger partial charge in [0, 0.05) is 30.4 Å². The Hall–Kier alpha value is -4.22. The van der Waals surface area contributed by atoms with Crippen LogP contribution in [-0.2, 0) is 6.42 Å². The molecular weight excluding hydrogens is 477 g/mol. The average molecular weight is 502 g/mol. The normalized spacial score (nSPS) is 11.1. The van der Waals surface area contributed by atoms with Crippen molar-refractivity contribution in [2.24, 2.45) is 0 Å². The molecule has 0 saturated heterocycles. The van der Waals surface area contributed by atoms with Gasteiger partial charge < -0.3 is 15.4 Å². The molecule has 0 unspecified atom stereocenters. The predicted octanol–water partition coefficient (Wildman–Crippen LogP) is 3.27. The van der Waals surface area contributed by atoms with E-state index >= 15 is 0 Å². The van der Waals surface area contributed by atoms with Crippen molar-refractivity contribution in [2.75, 3.05) is 19.7 Å². The molecule has 9 nitrogen and oxygen atoms in total. The zero-order valence-corrected chi connectivity index (χ0v) is 19.3. The molecule has 2 heterocycles. The van der Waals surface area contributed by atoms with Crippen molar-refractivity contribution >= 4 is 11.8 Å². The molecule has 0 aliphatic rings. The van der Waals surface area contributed by atoms with Crippen molar-refractivity contribution in [3.05, 3.63) is 78.4 Å². The van der Waals surface area contributed by atoms with Crippen LogP contribution >= 0.6 is 0 Å². The molecule has 0 fully saturated rings. The van der Waals surface area contributed by atoms with Crippen molar-refractivity contribution < 1.29 is 27.5 Å². The lowest BCUT2D eigenvalue weighted by atomic mass is 10.1. The summed E-state index contributed by atoms with van der Waals surface area (Å²) in [7, 11) is 0. The topological polar surface area (TPSA) is 111 Å². The van der Waals surface area contributed by atoms with Crippen LogP contribution in [0.1, 0.15) is 39.4 Å². The first kappa shape index (κ1) is 26.4. The van der Waals surface area contributed by atoms with Crippen molar-refractivity contribution in [3.63, 3.8) is 0 Å². The van der Waals surface area contributed by atoms with Gasteiger partial charge in [-0.1, -0.05) is 17.4 Å². The number of amides is 2. The molecule has 0 saturated carbocycles. The second kappa shape index (κ2) is 12.5. The molecule has 2 N–H and O–H groups in total. The van der Waals surface area contributed by atoms with Gasteiger partial charge in [0.1, 0.15) is 18.0 Å². The van der Waals surface area contributed by atoms with Gasteiger partial charge in [-0.2, -0.15) is 13.2 Å². The quantitative estimate of drug-likeness (QED) is 0.291. The zero-order chi connectivity index (χ0) is 26.0. The van der Waals surface area contributed by atoms with E-state index in [1.54, 1.807) is 18.3 Å². The first-order valence-electron chi connectivity index (χ1n) is 11.1. The number of pyridine rings is 1. The lowest BCUT2D eigenvalue weighted by molar-refractivity contribution is -0.123. The Labute approximate surface area is 205 Å². The van der Waals surface area contributed by atoms with Gasteiger partial charge in [0.25, 0.3) is 11.8 Å². The number of halogens is 3. The molecule has 0 aliphatic carbocycles. The minimum atomic E-state index is -4.53. The maximum Gasteiger partial charge on any atom is 0.405 e. The third-order valence-corrected chi connectivity index (χ3v) is 4.85. The van der Waals surface area contributed by atoms with Gasteiger partial charge in [0.05, 0.1) is 12.8 Å². The zero-order valence-electron chi connectivity index (χ0n) is 19.3. The minimum absolute atomic E-state index is 0.0191. The molecule has 1 aromatic carbocycles. The molecule has 2 aromatic heterocycles. The van der Waals surface area contributed by atoms with E-state index in [2.05, 4.69) is 27.2 Å². The van der Waals surface area contributed by atoms with E-state index < -0.39 is 24.5 Å². The SMILES string of the molecule is C=CCCCOc1cc(C(=O)NCC(F)(F)F)ccc1-n1cc(C(=O)NCCc2ccccn2)nn1. The maximum atomic E-state index is 12.5. The van der Waals surface area contributed by atoms with Crippen LogP contribution in [0.25, 0.3) is 5.69 Å². The third kappa shape index (κ3) is 7.93. The monoisotopic (exact) mass is 502 g/mol. The number of allylic oxidation sites excluding steroid dienone is 1. The summed E-state index contributed by atoms with van der Waals surface area (Å²) in [6, 6.07) is 9.64. The number of nitrogens with one attached hydrogen (secondary N) is 2. The number of hydrogen-bond acceptors (Lipinski definition) is 6. The van der Waals surface area contributed by atoms with Crippen LogP contribution in [-0.4, -0.2) is 57.7 Å². The Morgan fingerprint density at radius 3 is 2.69 bits per heavy atom. The van der Waals surface area contributed by atoms with E-state index in [4.69, 9.17) is 4.74 Å². The number of aromatic nitrogens is 4. The molecule has 190 valence electrons. The summed E-state index contributed by atoms with van der Waals surface area (Å²) >= 11 is 0. The smallest absolute Gasteiger partial charge is 0.405 e. The number of carbonyl (C=O) groups is 2. The molecule has 0 atom stereocenters. The Morgan fingerprint density at radius 1 is 1.14 bits per heavy atom. The van der Waals surface area contributed by atoms with Crippen LogP contribution in [0.4, 0.5) is 13.2 Å². The van der Waals surface area contributed by atoms with E-state index in [1.807, 2.05) is 17.4 Å². The number of unbranched alkanes of at least 4 members (excludes halogenated alkanes) is 1. The van der Waals surface area contributed by atoms with Crippen LogP contribution in [0.2, 0.25) is 0 Å². The van der Waals surface area contributed by atoms with Gasteiger partial charge in [-0.25, -0.2) is 4.68 Å². The van der Waals surface area contributed by atoms with Crippen molar-refractivity contribution in [3.8, 4) is 11.4 Å². The summed E-state index contributed by atoms with van der Waals surface area (Å²) in [5, 5.41) is 12.4. The standard InChI is InChI=1S/C24H25F3N6O3/c1-2-3-6-13-36-21-14-17(22(34)30-16-24(25,26)27)8-9-20(21)33-15-19(31-32-33)23(35)29-12-10-18-7-4-5-11-28-18/h2,4-5,7-9,11,14-15H,1,3,6,10,12-13,16H2,(H,29,35)(H,30,34). The summed E-state index contributed by atoms with van der Waals surface area (Å²) in [6.07, 6.45) is 2.12. The highest BCUT2D eigenvalue weighted by molar-refractivity contribution is 5.95. The van der Waals surface area contributed by atoms with Gasteiger partial charge in [-0.15, -0.1) is 11.7 Å². The van der Waals surface area contributed by atoms with Crippen LogP contribution in [0, 0.1) is 0 Å². The molecule has 12 heteroatoms. The number of hydrogen-bond donors (Lipinski definition) is 2. The number of carbonyl (C=O) groups excluding carboxylic acids is 2. The molecule has 0 radical (unpaired) electrons. The van der Waals surface area contributed by atoms with Gasteiger partial charge in [0.15, 0.2) is 5.69 Å². The van der Waals surface area contributed by atoms with E-state index in [-0.39, 0.29) is 23.6 Å². The fraction of sp³-hybridized carbons (Fsp3) is 0.292. The number of alkyl halides is 3. The number of rotatable bonds is 12. The van der Waals surface area contributed by atoms with Crippen LogP contribution < -0.4 is 15.4 Å². The van der Waals surface area contributed by atoms with Crippen LogP contribution in [0.5, 0.6) is 5.75 Å². The van der Waals surface area contributed by atoms with Crippen LogP contribution in [0.15, 0.2) is 61.4 Å². The molecule has 36 heavy (non-hydrogen) atoms. The van der Waals surface area contributed by atoms with E-state index in [0.717, 1.165) is 5.69 Å². The summed E-state index contributed by atoms with van der Waals surface area (Å²) in [5.74, 6) is -1.14. The van der Waals surface area contributed by atoms with Gasteiger partial charge in [-0.05, 0) is 43.2 Å². The van der Waals surface area contributed by atoms with E-state index in [0.29, 0.717) is 31.5 Å². The molecule has 0 aliphatic heterocycles. The maximum absolute atomic E-state index is 12.5. The van der Waals surface area contributed by atoms with Gasteiger partial charge >= 0.3 is 6.18 Å². The van der Waals surface area contributed by atoms with Gasteiger partial charge in [0.2, 0.25) is 0 Å². The lowest BCUT2D eigenvalue weighted by Crippen LogP contribution is -2.33. The van der Waals surface area contributed by atoms with E-state index in [9.17, 15) is 22.8 Å². The summed E-state index contributed by atoms with van der Waals surface area (Å²) in [5.41, 5.74) is 1.23. The molecule has 0 bridgehead atoms. The van der Waals surface area contributed by atoms with Crippen LogP contribution in [0.3, 0.4) is 0 Å². The lowest BCUT2D eigenvalue weighted by Gasteiger charge is -2.13. The fourth-order valence-electron chi connectivity index (χ4n) is 3.08. The Kier molecular flexibility index (Phi) is 9.14. The summed E-state index contributed by atoms with van der Waals surface area (Å²) in [6.45, 7) is 2.80. The summed E-state index contributed by atoms with van der Waals surface area (Å²) < 4.78 is 44.5. The Bertz CT molecular complexity index is 1180. The highest BCUT2D eigenvalue weighted by atomic mass is 19.4. The first-order valence-corrected chi connectivity index (χ1v) is 11.1. The van der Waals surface area contributed by atoms with Crippen molar-refractivity contribution in [1.29, 1.82) is 0 Å². The minimum Gasteiger partial charge on any atom is -0.491 e. The second-order valence-electron chi connectivity index (χ2n) is 7.64. The first-order chi connectivity index (χ1) is 17.3. The highest BCUT2D eigenvalue weighted by Crippen LogP contribution is 2.25. The average Bonchev–Trinajstić information content (AvgIpc) is 3.35. The molecule has 2 amide bonds. The van der Waals surface area contributed by atoms with Gasteiger partial charge in [-0.3, -0.25) is 14.6 Å². The number of nitrogens with zero attached hydrogens (tertiary/aromatic N) is 4. The fourth-order valence-corrected chi connectivity index (χ4v) is 3.08. The molecule has 0 spiro atoms. The largest absolute Gasteiger partial charge is 0.491 e. The molecular formula is C24H25F3N6O3. The molecule has 3 aromatic rings. The second-order valence-corrected chi connectivity index (χ2v) is 7.64. The molecule has 3 rings (SSSR count). The highest BCUT2D eigenvalue weighted by Gasteiger charge is 2.28. The Morgan fingerprint density at radius 2 is 1.97 bits per heavy atom. The van der Waals surface area contributed by atoms with Crippen molar-refractivity contribution in [1.82, 2.24) is 30.6 Å². The Balaban J connectivity index is 1.72. The third-order valence-electron chi connectivity index (χ3n) is 4.85. The van der Waals surface area contributed by atoms with E-state index in [1.165, 1.54) is 29.1 Å².